The minimum Gasteiger partial charge on any atom is -0.339 e. The maximum Gasteiger partial charge on any atom is 0.695 e. The van der Waals surface area contributed by atoms with Crippen molar-refractivity contribution >= 4 is 53.2 Å². The number of hydrogen-bond donors (Lipinski definition) is 3. The highest BCUT2D eigenvalue weighted by Crippen LogP contribution is 2.39. The van der Waals surface area contributed by atoms with Gasteiger partial charge in [-0.2, -0.15) is 18.2 Å². The van der Waals surface area contributed by atoms with Crippen LogP contribution in [-0.2, 0) is 28.4 Å². The van der Waals surface area contributed by atoms with E-state index in [2.05, 4.69) is 41.1 Å². The smallest absolute Gasteiger partial charge is 0.339 e. The Morgan fingerprint density at radius 1 is 1.20 bits per heavy atom. The molecule has 1 aromatic heterocycles. The molecule has 1 atom stereocenters. The molecule has 4 rings (SSSR count). The number of nitrogens with one attached hydrogen (secondary N) is 2. The van der Waals surface area contributed by atoms with Crippen LogP contribution in [-0.4, -0.2) is 32.7 Å². The van der Waals surface area contributed by atoms with Crippen LogP contribution >= 0.6 is 24.2 Å². The normalized spacial score (nSPS) is 13.6. The van der Waals surface area contributed by atoms with E-state index >= 15 is 0 Å². The number of amides is 1. The predicted octanol–water partition coefficient (Wildman–Crippen LogP) is 5.50. The third kappa shape index (κ3) is 5.59. The Kier molecular flexibility index (Phi) is 7.04. The average Bonchev–Trinajstić information content (AvgIpc) is 3.10. The van der Waals surface area contributed by atoms with Crippen LogP contribution < -0.4 is 10.6 Å². The molecule has 2 aromatic carbocycles. The number of fused-ring (bicyclic) bond motifs is 1. The highest BCUT2D eigenvalue weighted by molar-refractivity contribution is 9.10. The molecule has 9 nitrogen and oxygen atoms in total. The monoisotopic (exact) mass is 570 g/mol. The molecule has 0 radical (unpaired) electrons. The molecule has 2 heterocycles. The summed E-state index contributed by atoms with van der Waals surface area (Å²) >= 11 is 3.38. The Bertz CT molecular complexity index is 1310. The van der Waals surface area contributed by atoms with Crippen molar-refractivity contribution in [2.75, 3.05) is 17.7 Å². The van der Waals surface area contributed by atoms with Crippen molar-refractivity contribution in [1.82, 2.24) is 14.9 Å². The first kappa shape index (κ1) is 25.0. The summed E-state index contributed by atoms with van der Waals surface area (Å²) in [4.78, 5) is 30.6. The Balaban J connectivity index is 1.64. The number of hydrogen-bond acceptors (Lipinski definition) is 7. The summed E-state index contributed by atoms with van der Waals surface area (Å²) in [6.07, 6.45) is -4.08. The first-order valence-electron chi connectivity index (χ1n) is 9.96. The number of carbonyl (C=O) groups excluding carboxylic acids is 1. The van der Waals surface area contributed by atoms with Gasteiger partial charge < -0.3 is 15.5 Å². The van der Waals surface area contributed by atoms with Gasteiger partial charge >= 0.3 is 14.4 Å². The van der Waals surface area contributed by atoms with Crippen molar-refractivity contribution < 1.29 is 31.9 Å². The van der Waals surface area contributed by atoms with E-state index in [9.17, 15) is 22.5 Å². The Labute approximate surface area is 206 Å². The van der Waals surface area contributed by atoms with E-state index in [-0.39, 0.29) is 29.7 Å². The zero-order chi connectivity index (χ0) is 25.3. The zero-order valence-electron chi connectivity index (χ0n) is 17.9. The van der Waals surface area contributed by atoms with Gasteiger partial charge in [0, 0.05) is 40.1 Å². The zero-order valence-corrected chi connectivity index (χ0v) is 20.4. The van der Waals surface area contributed by atoms with Gasteiger partial charge in [-0.05, 0) is 29.8 Å². The van der Waals surface area contributed by atoms with Crippen LogP contribution in [0.5, 0.6) is 0 Å². The quantitative estimate of drug-likeness (QED) is 0.319. The molecule has 1 aliphatic heterocycles. The molecule has 0 spiro atoms. The fraction of sp³-hybridized carbons (Fsp3) is 0.190. The van der Waals surface area contributed by atoms with Crippen LogP contribution in [0.3, 0.4) is 0 Å². The molecule has 0 saturated heterocycles. The number of carbonyl (C=O) groups is 1. The molecule has 0 saturated carbocycles. The van der Waals surface area contributed by atoms with Crippen molar-refractivity contribution in [3.05, 3.63) is 69.3 Å². The summed E-state index contributed by atoms with van der Waals surface area (Å²) in [6, 6.07) is 9.56. The number of benzene rings is 2. The lowest BCUT2D eigenvalue weighted by Crippen LogP contribution is -2.18. The second-order valence-corrected chi connectivity index (χ2v) is 9.11. The highest BCUT2D eigenvalue weighted by Gasteiger charge is 2.36. The minimum absolute atomic E-state index is 0.0811. The largest absolute Gasteiger partial charge is 0.695 e. The van der Waals surface area contributed by atoms with Crippen LogP contribution in [0.15, 0.2) is 47.1 Å². The van der Waals surface area contributed by atoms with Crippen molar-refractivity contribution in [2.45, 2.75) is 19.3 Å². The number of anilines is 4. The second-order valence-electron chi connectivity index (χ2n) is 7.52. The number of aromatic nitrogens is 2. The van der Waals surface area contributed by atoms with Gasteiger partial charge in [0.05, 0.1) is 11.3 Å². The van der Waals surface area contributed by atoms with Gasteiger partial charge in [-0.1, -0.05) is 28.1 Å². The van der Waals surface area contributed by atoms with Crippen LogP contribution in [0.25, 0.3) is 0 Å². The molecule has 182 valence electrons. The molecule has 1 amide bonds. The molecule has 0 fully saturated rings. The molecule has 1 aliphatic rings. The average molecular weight is 571 g/mol. The van der Waals surface area contributed by atoms with Crippen LogP contribution in [0.2, 0.25) is 0 Å². The summed E-state index contributed by atoms with van der Waals surface area (Å²) in [5.74, 6) is -0.946. The second kappa shape index (κ2) is 9.86. The third-order valence-corrected chi connectivity index (χ3v) is 6.20. The van der Waals surface area contributed by atoms with Crippen LogP contribution in [0.4, 0.5) is 36.3 Å². The molecule has 0 aliphatic carbocycles. The fourth-order valence-electron chi connectivity index (χ4n) is 3.44. The van der Waals surface area contributed by atoms with Gasteiger partial charge in [0.25, 0.3) is 5.91 Å². The van der Waals surface area contributed by atoms with E-state index < -0.39 is 25.8 Å². The summed E-state index contributed by atoms with van der Waals surface area (Å²) in [7, 11) is -1.12. The van der Waals surface area contributed by atoms with E-state index in [0.717, 1.165) is 0 Å². The third-order valence-electron chi connectivity index (χ3n) is 5.11. The summed E-state index contributed by atoms with van der Waals surface area (Å²) in [5.41, 5.74) is 1.11. The van der Waals surface area contributed by atoms with Gasteiger partial charge in [-0.15, -0.1) is 9.42 Å². The van der Waals surface area contributed by atoms with E-state index in [1.54, 1.807) is 37.4 Å². The van der Waals surface area contributed by atoms with E-state index in [4.69, 9.17) is 4.89 Å². The summed E-state index contributed by atoms with van der Waals surface area (Å²) in [6.45, 7) is 0.241. The predicted molar refractivity (Wildman–Crippen MR) is 125 cm³/mol. The van der Waals surface area contributed by atoms with Crippen molar-refractivity contribution in [2.24, 2.45) is 0 Å². The molecule has 14 heteroatoms. The number of halogens is 4. The van der Waals surface area contributed by atoms with Crippen molar-refractivity contribution in [1.29, 1.82) is 0 Å². The van der Waals surface area contributed by atoms with Gasteiger partial charge in [-0.25, -0.2) is 4.98 Å². The van der Waals surface area contributed by atoms with E-state index in [1.807, 2.05) is 0 Å². The maximum atomic E-state index is 13.7. The summed E-state index contributed by atoms with van der Waals surface area (Å²) in [5, 5.41) is 5.49. The van der Waals surface area contributed by atoms with Crippen molar-refractivity contribution in [3.8, 4) is 0 Å². The highest BCUT2D eigenvalue weighted by atomic mass is 79.9. The SMILES string of the molecule is CN1Cc2c(Br)ccc(Nc3nc(Nc4ccc(CO[P+](=O)O)cc4)ncc3C(F)(F)F)c2C1=O. The molecule has 3 aromatic rings. The lowest BCUT2D eigenvalue weighted by Gasteiger charge is -2.16. The minimum atomic E-state index is -4.74. The molecule has 3 N–H and O–H groups in total. The maximum absolute atomic E-state index is 13.7. The van der Waals surface area contributed by atoms with Crippen molar-refractivity contribution in [3.63, 3.8) is 0 Å². The van der Waals surface area contributed by atoms with Gasteiger partial charge in [0.1, 0.15) is 18.0 Å². The molecular formula is C21H17BrF3N5O4P+. The van der Waals surface area contributed by atoms with Gasteiger partial charge in [0.15, 0.2) is 0 Å². The topological polar surface area (TPSA) is 117 Å². The van der Waals surface area contributed by atoms with Gasteiger partial charge in [-0.3, -0.25) is 4.79 Å². The van der Waals surface area contributed by atoms with Gasteiger partial charge in [0.2, 0.25) is 5.95 Å². The molecular weight excluding hydrogens is 554 g/mol. The van der Waals surface area contributed by atoms with Crippen LogP contribution in [0.1, 0.15) is 27.0 Å². The lowest BCUT2D eigenvalue weighted by molar-refractivity contribution is -0.137. The molecule has 35 heavy (non-hydrogen) atoms. The van der Waals surface area contributed by atoms with E-state index in [0.29, 0.717) is 34.0 Å². The first-order valence-corrected chi connectivity index (χ1v) is 11.9. The van der Waals surface area contributed by atoms with Crippen LogP contribution in [0, 0.1) is 0 Å². The Hall–Kier alpha value is -3.12. The summed E-state index contributed by atoms with van der Waals surface area (Å²) < 4.78 is 57.0. The number of rotatable bonds is 7. The fourth-order valence-corrected chi connectivity index (χ4v) is 4.16. The lowest BCUT2D eigenvalue weighted by atomic mass is 10.1. The Morgan fingerprint density at radius 2 is 1.91 bits per heavy atom. The molecule has 1 unspecified atom stereocenters. The van der Waals surface area contributed by atoms with E-state index in [1.165, 1.54) is 11.0 Å². The first-order chi connectivity index (χ1) is 16.5. The standard InChI is InChI=1S/C21H16BrF3N5O4P/c1-30-9-13-15(22)6-7-16(17(13)19(30)31)28-18-14(21(23,24)25)8-26-20(29-18)27-12-4-2-11(3-5-12)10-34-35(32)33/h2-8H,9-10H2,1H3,(H2-,26,27,28,29,31,32,33)/p+1. The number of alkyl halides is 3. The number of nitrogens with zero attached hydrogens (tertiary/aromatic N) is 3. The molecule has 0 bridgehead atoms. The Morgan fingerprint density at radius 3 is 2.57 bits per heavy atom.